The predicted molar refractivity (Wildman–Crippen MR) is 35.6 cm³/mol. The predicted octanol–water partition coefficient (Wildman–Crippen LogP) is 1.70. The van der Waals surface area contributed by atoms with Gasteiger partial charge in [-0.15, -0.1) is 0 Å². The van der Waals surface area contributed by atoms with Gasteiger partial charge in [0.15, 0.2) is 0 Å². The Bertz CT molecular complexity index is 51.7. The van der Waals surface area contributed by atoms with Gasteiger partial charge in [0, 0.05) is 12.0 Å². The average molecular weight is 136 g/mol. The van der Waals surface area contributed by atoms with E-state index in [1.807, 2.05) is 0 Å². The summed E-state index contributed by atoms with van der Waals surface area (Å²) in [6, 6.07) is 0. The maximum absolute atomic E-state index is 5.02. The van der Waals surface area contributed by atoms with Crippen molar-refractivity contribution in [2.45, 2.75) is 17.4 Å². The molecule has 3 heteroatoms. The van der Waals surface area contributed by atoms with Crippen LogP contribution in [0, 0.1) is 0 Å². The minimum atomic E-state index is 0.425. The molecule has 0 saturated carbocycles. The van der Waals surface area contributed by atoms with Gasteiger partial charge in [-0.3, -0.25) is 0 Å². The lowest BCUT2D eigenvalue weighted by molar-refractivity contribution is 0.343. The zero-order valence-corrected chi connectivity index (χ0v) is 5.67. The Morgan fingerprint density at radius 2 is 2.57 bits per heavy atom. The SMILES string of the molecule is SC1CCCOS1. The first kappa shape index (κ1) is 5.79. The number of hydrogen-bond acceptors (Lipinski definition) is 3. The van der Waals surface area contributed by atoms with E-state index in [-0.39, 0.29) is 0 Å². The summed E-state index contributed by atoms with van der Waals surface area (Å²) in [6.07, 6.45) is 2.36. The molecule has 1 atom stereocenters. The molecule has 1 aliphatic heterocycles. The van der Waals surface area contributed by atoms with Crippen molar-refractivity contribution >= 4 is 24.7 Å². The lowest BCUT2D eigenvalue weighted by Crippen LogP contribution is -2.03. The van der Waals surface area contributed by atoms with Crippen molar-refractivity contribution < 1.29 is 4.18 Å². The Kier molecular flexibility index (Phi) is 2.35. The molecule has 1 heterocycles. The van der Waals surface area contributed by atoms with Crippen molar-refractivity contribution in [2.24, 2.45) is 0 Å². The lowest BCUT2D eigenvalue weighted by atomic mass is 10.4. The highest BCUT2D eigenvalue weighted by atomic mass is 32.2. The molecule has 1 fully saturated rings. The van der Waals surface area contributed by atoms with Gasteiger partial charge in [-0.2, -0.15) is 12.6 Å². The van der Waals surface area contributed by atoms with Crippen LogP contribution in [0.3, 0.4) is 0 Å². The molecule has 0 aromatic heterocycles. The van der Waals surface area contributed by atoms with Gasteiger partial charge in [-0.25, -0.2) is 0 Å². The summed E-state index contributed by atoms with van der Waals surface area (Å²) in [4.78, 5) is 0. The second-order valence-corrected chi connectivity index (χ2v) is 3.48. The van der Waals surface area contributed by atoms with Crippen molar-refractivity contribution in [3.8, 4) is 0 Å². The number of thiol groups is 1. The molecule has 1 nitrogen and oxygen atoms in total. The standard InChI is InChI=1S/C4H8OS2/c6-4-2-1-3-5-7-4/h4,6H,1-3H2. The van der Waals surface area contributed by atoms with Crippen LogP contribution in [-0.2, 0) is 4.18 Å². The first-order valence-electron chi connectivity index (χ1n) is 2.36. The molecule has 0 radical (unpaired) electrons. The minimum absolute atomic E-state index is 0.425. The van der Waals surface area contributed by atoms with E-state index in [9.17, 15) is 0 Å². The van der Waals surface area contributed by atoms with E-state index >= 15 is 0 Å². The normalized spacial score (nSPS) is 33.0. The third kappa shape index (κ3) is 1.93. The molecule has 0 aromatic rings. The summed E-state index contributed by atoms with van der Waals surface area (Å²) in [5.41, 5.74) is 0. The van der Waals surface area contributed by atoms with Gasteiger partial charge in [-0.05, 0) is 12.8 Å². The van der Waals surface area contributed by atoms with Crippen molar-refractivity contribution in [1.29, 1.82) is 0 Å². The molecule has 1 saturated heterocycles. The van der Waals surface area contributed by atoms with Crippen LogP contribution in [0.2, 0.25) is 0 Å². The molecular weight excluding hydrogens is 128 g/mol. The van der Waals surface area contributed by atoms with Gasteiger partial charge in [0.1, 0.15) is 0 Å². The van der Waals surface area contributed by atoms with Crippen LogP contribution in [0.4, 0.5) is 0 Å². The molecule has 1 unspecified atom stereocenters. The molecule has 42 valence electrons. The summed E-state index contributed by atoms with van der Waals surface area (Å²) in [7, 11) is 0. The fourth-order valence-corrected chi connectivity index (χ4v) is 1.49. The van der Waals surface area contributed by atoms with E-state index in [1.165, 1.54) is 24.9 Å². The summed E-state index contributed by atoms with van der Waals surface area (Å²) in [6.45, 7) is 0.904. The summed E-state index contributed by atoms with van der Waals surface area (Å²) < 4.78 is 5.45. The molecular formula is C4H8OS2. The fraction of sp³-hybridized carbons (Fsp3) is 1.00. The summed E-state index contributed by atoms with van der Waals surface area (Å²) in [5.74, 6) is 0. The topological polar surface area (TPSA) is 9.23 Å². The maximum Gasteiger partial charge on any atom is 0.0736 e. The van der Waals surface area contributed by atoms with Gasteiger partial charge in [0.2, 0.25) is 0 Å². The largest absolute Gasteiger partial charge is 0.314 e. The van der Waals surface area contributed by atoms with Gasteiger partial charge in [-0.1, -0.05) is 0 Å². The minimum Gasteiger partial charge on any atom is -0.314 e. The number of rotatable bonds is 0. The third-order valence-corrected chi connectivity index (χ3v) is 2.13. The van der Waals surface area contributed by atoms with Crippen LogP contribution in [0.25, 0.3) is 0 Å². The third-order valence-electron chi connectivity index (χ3n) is 0.858. The van der Waals surface area contributed by atoms with Crippen LogP contribution in [0.15, 0.2) is 0 Å². The maximum atomic E-state index is 5.02. The zero-order valence-electron chi connectivity index (χ0n) is 3.96. The van der Waals surface area contributed by atoms with Gasteiger partial charge in [0.05, 0.1) is 11.2 Å². The van der Waals surface area contributed by atoms with Crippen LogP contribution >= 0.6 is 24.7 Å². The second kappa shape index (κ2) is 2.84. The van der Waals surface area contributed by atoms with E-state index in [4.69, 9.17) is 4.18 Å². The molecule has 0 N–H and O–H groups in total. The first-order chi connectivity index (χ1) is 3.39. The number of hydrogen-bond donors (Lipinski definition) is 1. The highest BCUT2D eigenvalue weighted by molar-refractivity contribution is 8.07. The molecule has 1 aliphatic rings. The van der Waals surface area contributed by atoms with Crippen LogP contribution in [-0.4, -0.2) is 11.2 Å². The van der Waals surface area contributed by atoms with Crippen molar-refractivity contribution in [3.05, 3.63) is 0 Å². The van der Waals surface area contributed by atoms with Gasteiger partial charge in [0.25, 0.3) is 0 Å². The molecule has 0 spiro atoms. The van der Waals surface area contributed by atoms with Crippen LogP contribution in [0.1, 0.15) is 12.8 Å². The summed E-state index contributed by atoms with van der Waals surface area (Å²) >= 11 is 5.68. The molecule has 7 heavy (non-hydrogen) atoms. The Morgan fingerprint density at radius 3 is 2.86 bits per heavy atom. The van der Waals surface area contributed by atoms with Gasteiger partial charge >= 0.3 is 0 Å². The Hall–Kier alpha value is 0.660. The molecule has 0 bridgehead atoms. The second-order valence-electron chi connectivity index (χ2n) is 1.52. The van der Waals surface area contributed by atoms with Crippen molar-refractivity contribution in [3.63, 3.8) is 0 Å². The molecule has 0 amide bonds. The summed E-state index contributed by atoms with van der Waals surface area (Å²) in [5, 5.41) is 0. The van der Waals surface area contributed by atoms with Crippen LogP contribution in [0.5, 0.6) is 0 Å². The smallest absolute Gasteiger partial charge is 0.0736 e. The van der Waals surface area contributed by atoms with Gasteiger partial charge < -0.3 is 4.18 Å². The molecule has 0 aromatic carbocycles. The Labute approximate surface area is 53.4 Å². The van der Waals surface area contributed by atoms with Crippen LogP contribution < -0.4 is 0 Å². The highest BCUT2D eigenvalue weighted by Crippen LogP contribution is 2.25. The van der Waals surface area contributed by atoms with E-state index < -0.39 is 0 Å². The van der Waals surface area contributed by atoms with E-state index in [2.05, 4.69) is 12.6 Å². The average Bonchev–Trinajstić information content (AvgIpc) is 1.69. The Morgan fingerprint density at radius 1 is 1.71 bits per heavy atom. The highest BCUT2D eigenvalue weighted by Gasteiger charge is 2.08. The van der Waals surface area contributed by atoms with E-state index in [0.29, 0.717) is 4.58 Å². The zero-order chi connectivity index (χ0) is 5.11. The quantitative estimate of drug-likeness (QED) is 0.401. The van der Waals surface area contributed by atoms with E-state index in [1.54, 1.807) is 0 Å². The fourth-order valence-electron chi connectivity index (χ4n) is 0.492. The van der Waals surface area contributed by atoms with E-state index in [0.717, 1.165) is 6.61 Å². The first-order valence-corrected chi connectivity index (χ1v) is 3.68. The monoisotopic (exact) mass is 136 g/mol. The van der Waals surface area contributed by atoms with Crippen molar-refractivity contribution in [2.75, 3.05) is 6.61 Å². The Balaban J connectivity index is 2.12. The molecule has 1 rings (SSSR count). The lowest BCUT2D eigenvalue weighted by Gasteiger charge is -2.14. The molecule has 0 aliphatic carbocycles. The van der Waals surface area contributed by atoms with Crippen molar-refractivity contribution in [1.82, 2.24) is 0 Å².